The van der Waals surface area contributed by atoms with Crippen molar-refractivity contribution in [1.82, 2.24) is 4.90 Å². The van der Waals surface area contributed by atoms with Crippen LogP contribution in [0.4, 0.5) is 0 Å². The molecule has 2 aliphatic rings. The summed E-state index contributed by atoms with van der Waals surface area (Å²) in [6, 6.07) is 8.51. The van der Waals surface area contributed by atoms with E-state index >= 15 is 0 Å². The number of carbonyl (C=O) groups excluding carboxylic acids is 1. The van der Waals surface area contributed by atoms with Gasteiger partial charge in [0.15, 0.2) is 9.84 Å². The second-order valence-corrected chi connectivity index (χ2v) is 9.97. The molecule has 0 saturated carbocycles. The van der Waals surface area contributed by atoms with Crippen molar-refractivity contribution in [3.63, 3.8) is 0 Å². The zero-order valence-corrected chi connectivity index (χ0v) is 16.5. The van der Waals surface area contributed by atoms with E-state index in [9.17, 15) is 13.2 Å². The fraction of sp³-hybridized carbons (Fsp3) is 0.550. The number of nitrogens with one attached hydrogen (secondary N) is 1. The Morgan fingerprint density at radius 3 is 2.38 bits per heavy atom. The Labute approximate surface area is 156 Å². The Balaban J connectivity index is 1.50. The van der Waals surface area contributed by atoms with E-state index in [1.54, 1.807) is 6.08 Å². The second kappa shape index (κ2) is 7.92. The predicted octanol–water partition coefficient (Wildman–Crippen LogP) is 0.737. The maximum atomic E-state index is 12.4. The molecule has 0 aromatic heterocycles. The fourth-order valence-electron chi connectivity index (χ4n) is 3.80. The average molecular weight is 378 g/mol. The van der Waals surface area contributed by atoms with Gasteiger partial charge in [-0.3, -0.25) is 4.79 Å². The molecular weight excluding hydrogens is 348 g/mol. The van der Waals surface area contributed by atoms with E-state index in [2.05, 4.69) is 26.0 Å². The van der Waals surface area contributed by atoms with Crippen LogP contribution in [-0.4, -0.2) is 63.0 Å². The molecule has 1 atom stereocenters. The van der Waals surface area contributed by atoms with Crippen LogP contribution in [0.25, 0.3) is 6.08 Å². The second-order valence-electron chi connectivity index (χ2n) is 7.74. The first-order valence-corrected chi connectivity index (χ1v) is 11.3. The quantitative estimate of drug-likeness (QED) is 0.788. The largest absolute Gasteiger partial charge is 0.329 e. The van der Waals surface area contributed by atoms with Crippen molar-refractivity contribution in [3.8, 4) is 0 Å². The van der Waals surface area contributed by atoms with Gasteiger partial charge in [-0.05, 0) is 23.1 Å². The van der Waals surface area contributed by atoms with Crippen LogP contribution in [-0.2, 0) is 14.6 Å². The van der Waals surface area contributed by atoms with E-state index < -0.39 is 9.84 Å². The zero-order chi connectivity index (χ0) is 18.7. The summed E-state index contributed by atoms with van der Waals surface area (Å²) in [7, 11) is -2.84. The summed E-state index contributed by atoms with van der Waals surface area (Å²) in [5.41, 5.74) is 2.32. The van der Waals surface area contributed by atoms with Gasteiger partial charge in [0.25, 0.3) is 0 Å². The molecule has 3 rings (SSSR count). The molecular formula is C20H29N2O3S+. The number of quaternary nitrogens is 1. The number of piperazine rings is 1. The van der Waals surface area contributed by atoms with Gasteiger partial charge in [-0.2, -0.15) is 0 Å². The highest BCUT2D eigenvalue weighted by molar-refractivity contribution is 7.91. The summed E-state index contributed by atoms with van der Waals surface area (Å²) < 4.78 is 23.3. The lowest BCUT2D eigenvalue weighted by molar-refractivity contribution is -0.925. The van der Waals surface area contributed by atoms with E-state index in [0.29, 0.717) is 30.5 Å². The summed E-state index contributed by atoms with van der Waals surface area (Å²) in [5, 5.41) is 0. The molecule has 0 bridgehead atoms. The topological polar surface area (TPSA) is 58.9 Å². The van der Waals surface area contributed by atoms with Crippen molar-refractivity contribution in [2.24, 2.45) is 0 Å². The summed E-state index contributed by atoms with van der Waals surface area (Å²) in [6.07, 6.45) is 4.28. The molecule has 5 nitrogen and oxygen atoms in total. The Bertz CT molecular complexity index is 761. The molecule has 1 amide bonds. The molecule has 1 aromatic rings. The fourth-order valence-corrected chi connectivity index (χ4v) is 5.63. The van der Waals surface area contributed by atoms with E-state index in [-0.39, 0.29) is 11.9 Å². The van der Waals surface area contributed by atoms with Crippen molar-refractivity contribution in [2.45, 2.75) is 32.2 Å². The summed E-state index contributed by atoms with van der Waals surface area (Å²) in [6.45, 7) is 7.39. The van der Waals surface area contributed by atoms with E-state index in [4.69, 9.17) is 0 Å². The number of carbonyl (C=O) groups is 1. The summed E-state index contributed by atoms with van der Waals surface area (Å²) in [4.78, 5) is 15.6. The SMILES string of the molecule is CC(C)c1ccc(/C=C/C(=O)N2CC[NH+]([C@@H]3CCS(=O)(=O)C3)CC2)cc1. The number of hydrogen-bond acceptors (Lipinski definition) is 3. The molecule has 26 heavy (non-hydrogen) atoms. The highest BCUT2D eigenvalue weighted by atomic mass is 32.2. The minimum atomic E-state index is -2.84. The van der Waals surface area contributed by atoms with Gasteiger partial charge < -0.3 is 9.80 Å². The van der Waals surface area contributed by atoms with Gasteiger partial charge in [-0.25, -0.2) is 8.42 Å². The van der Waals surface area contributed by atoms with Gasteiger partial charge in [0, 0.05) is 12.5 Å². The van der Waals surface area contributed by atoms with Crippen LogP contribution in [0, 0.1) is 0 Å². The molecule has 0 spiro atoms. The zero-order valence-electron chi connectivity index (χ0n) is 15.6. The third-order valence-corrected chi connectivity index (χ3v) is 7.32. The first-order chi connectivity index (χ1) is 12.3. The third kappa shape index (κ3) is 4.74. The van der Waals surface area contributed by atoms with E-state index in [1.807, 2.05) is 23.1 Å². The Hall–Kier alpha value is -1.66. The first-order valence-electron chi connectivity index (χ1n) is 9.46. The maximum absolute atomic E-state index is 12.4. The highest BCUT2D eigenvalue weighted by Gasteiger charge is 2.37. The standard InChI is InChI=1S/C20H28N2O3S/c1-16(2)18-6-3-17(4-7-18)5-8-20(23)22-12-10-21(11-13-22)19-9-14-26(24,25)15-19/h3-8,16,19H,9-15H2,1-2H3/p+1/b8-5+/t19-/m1/s1. The molecule has 2 heterocycles. The minimum Gasteiger partial charge on any atom is -0.329 e. The van der Waals surface area contributed by atoms with Crippen LogP contribution in [0.3, 0.4) is 0 Å². The van der Waals surface area contributed by atoms with Crippen LogP contribution in [0.15, 0.2) is 30.3 Å². The molecule has 6 heteroatoms. The lowest BCUT2D eigenvalue weighted by atomic mass is 10.0. The lowest BCUT2D eigenvalue weighted by Gasteiger charge is -2.34. The first kappa shape index (κ1) is 19.1. The number of sulfone groups is 1. The normalized spacial score (nSPS) is 23.8. The molecule has 2 fully saturated rings. The van der Waals surface area contributed by atoms with Gasteiger partial charge in [0.2, 0.25) is 5.91 Å². The molecule has 1 aromatic carbocycles. The molecule has 0 aliphatic carbocycles. The number of rotatable bonds is 4. The molecule has 2 saturated heterocycles. The smallest absolute Gasteiger partial charge is 0.246 e. The predicted molar refractivity (Wildman–Crippen MR) is 104 cm³/mol. The van der Waals surface area contributed by atoms with Crippen molar-refractivity contribution in [3.05, 3.63) is 41.5 Å². The van der Waals surface area contributed by atoms with Gasteiger partial charge >= 0.3 is 0 Å². The third-order valence-electron chi connectivity index (χ3n) is 5.55. The van der Waals surface area contributed by atoms with Crippen molar-refractivity contribution < 1.29 is 18.1 Å². The van der Waals surface area contributed by atoms with Gasteiger partial charge in [0.1, 0.15) is 11.8 Å². The van der Waals surface area contributed by atoms with E-state index in [1.165, 1.54) is 10.5 Å². The monoisotopic (exact) mass is 377 g/mol. The Morgan fingerprint density at radius 2 is 1.85 bits per heavy atom. The number of benzene rings is 1. The van der Waals surface area contributed by atoms with Crippen molar-refractivity contribution in [1.29, 1.82) is 0 Å². The van der Waals surface area contributed by atoms with Crippen LogP contribution in [0.2, 0.25) is 0 Å². The molecule has 2 aliphatic heterocycles. The van der Waals surface area contributed by atoms with Crippen LogP contribution in [0.1, 0.15) is 37.3 Å². The van der Waals surface area contributed by atoms with Gasteiger partial charge in [0.05, 0.1) is 31.9 Å². The highest BCUT2D eigenvalue weighted by Crippen LogP contribution is 2.15. The molecule has 1 N–H and O–H groups in total. The van der Waals surface area contributed by atoms with Crippen molar-refractivity contribution >= 4 is 21.8 Å². The summed E-state index contributed by atoms with van der Waals surface area (Å²) >= 11 is 0. The molecule has 0 unspecified atom stereocenters. The Morgan fingerprint density at radius 1 is 1.19 bits per heavy atom. The van der Waals surface area contributed by atoms with Gasteiger partial charge in [-0.1, -0.05) is 38.1 Å². The van der Waals surface area contributed by atoms with Crippen LogP contribution in [0.5, 0.6) is 0 Å². The number of nitrogens with zero attached hydrogens (tertiary/aromatic N) is 1. The Kier molecular flexibility index (Phi) is 5.82. The average Bonchev–Trinajstić information content (AvgIpc) is 3.00. The minimum absolute atomic E-state index is 0.0380. The van der Waals surface area contributed by atoms with Crippen LogP contribution >= 0.6 is 0 Å². The van der Waals surface area contributed by atoms with E-state index in [0.717, 1.165) is 25.1 Å². The lowest BCUT2D eigenvalue weighted by Crippen LogP contribution is -3.18. The van der Waals surface area contributed by atoms with Gasteiger partial charge in [-0.15, -0.1) is 0 Å². The number of amides is 1. The maximum Gasteiger partial charge on any atom is 0.246 e. The summed E-state index contributed by atoms with van der Waals surface area (Å²) in [5.74, 6) is 1.17. The molecule has 0 radical (unpaired) electrons. The van der Waals surface area contributed by atoms with Crippen molar-refractivity contribution in [2.75, 3.05) is 37.7 Å². The number of hydrogen-bond donors (Lipinski definition) is 1. The van der Waals surface area contributed by atoms with Crippen LogP contribution < -0.4 is 4.90 Å². The molecule has 142 valence electrons.